The first-order valence-corrected chi connectivity index (χ1v) is 12.0. The van der Waals surface area contributed by atoms with Gasteiger partial charge in [-0.25, -0.2) is 4.57 Å². The van der Waals surface area contributed by atoms with Crippen molar-refractivity contribution in [3.05, 3.63) is 94.3 Å². The number of amides is 1. The Kier molecular flexibility index (Phi) is 5.90. The van der Waals surface area contributed by atoms with Crippen LogP contribution in [0.25, 0.3) is 22.4 Å². The first kappa shape index (κ1) is 21.9. The van der Waals surface area contributed by atoms with Crippen molar-refractivity contribution >= 4 is 40.0 Å². The van der Waals surface area contributed by atoms with Crippen molar-refractivity contribution in [2.75, 3.05) is 11.1 Å². The van der Waals surface area contributed by atoms with Gasteiger partial charge in [0.15, 0.2) is 5.16 Å². The summed E-state index contributed by atoms with van der Waals surface area (Å²) in [4.78, 5) is 26.0. The number of benzene rings is 3. The first-order chi connectivity index (χ1) is 16.5. The third-order valence-corrected chi connectivity index (χ3v) is 6.57. The molecule has 1 N–H and O–H groups in total. The molecule has 1 amide bonds. The van der Waals surface area contributed by atoms with Gasteiger partial charge in [-0.2, -0.15) is 0 Å². The number of anilines is 1. The number of nitrogens with zero attached hydrogens (tertiary/aromatic N) is 4. The molecule has 0 atom stereocenters. The zero-order valence-corrected chi connectivity index (χ0v) is 19.7. The number of thioether (sulfide) groups is 1. The van der Waals surface area contributed by atoms with E-state index >= 15 is 0 Å². The molecule has 0 fully saturated rings. The molecule has 3 aromatic carbocycles. The Labute approximate surface area is 200 Å². The van der Waals surface area contributed by atoms with Crippen LogP contribution in [0.2, 0.25) is 0 Å². The van der Waals surface area contributed by atoms with Crippen LogP contribution in [0.4, 0.5) is 5.69 Å². The lowest BCUT2D eigenvalue weighted by atomic mass is 10.1. The second-order valence-corrected chi connectivity index (χ2v) is 8.94. The molecule has 0 saturated heterocycles. The minimum absolute atomic E-state index is 0.133. The van der Waals surface area contributed by atoms with E-state index in [2.05, 4.69) is 22.4 Å². The molecule has 5 rings (SSSR count). The van der Waals surface area contributed by atoms with Gasteiger partial charge in [0.1, 0.15) is 0 Å². The number of hydrogen-bond donors (Lipinski definition) is 1. The van der Waals surface area contributed by atoms with Crippen molar-refractivity contribution in [3.63, 3.8) is 0 Å². The van der Waals surface area contributed by atoms with Crippen LogP contribution in [-0.4, -0.2) is 30.8 Å². The maximum Gasteiger partial charge on any atom is 0.267 e. The predicted molar refractivity (Wildman–Crippen MR) is 136 cm³/mol. The molecule has 8 heteroatoms. The summed E-state index contributed by atoms with van der Waals surface area (Å²) in [7, 11) is 0. The normalized spacial score (nSPS) is 11.2. The molecule has 5 aromatic rings. The van der Waals surface area contributed by atoms with E-state index in [1.165, 1.54) is 11.8 Å². The standard InChI is InChI=1S/C26H23N5O2S/c1-3-18-7-6-8-19(15-18)27-23(32)16-34-26-29-28-25-30(20-13-11-17(2)12-14-20)24(33)21-9-4-5-10-22(21)31(25)26/h4-15H,3,16H2,1-2H3,(H,27,32). The number of aromatic nitrogens is 4. The molecule has 2 heterocycles. The highest BCUT2D eigenvalue weighted by Gasteiger charge is 2.18. The highest BCUT2D eigenvalue weighted by molar-refractivity contribution is 7.99. The Morgan fingerprint density at radius 2 is 1.79 bits per heavy atom. The molecule has 34 heavy (non-hydrogen) atoms. The third-order valence-electron chi connectivity index (χ3n) is 5.64. The van der Waals surface area contributed by atoms with E-state index in [-0.39, 0.29) is 17.2 Å². The lowest BCUT2D eigenvalue weighted by molar-refractivity contribution is -0.113. The number of aryl methyl sites for hydroxylation is 2. The Morgan fingerprint density at radius 3 is 2.59 bits per heavy atom. The van der Waals surface area contributed by atoms with Crippen LogP contribution in [0, 0.1) is 6.92 Å². The van der Waals surface area contributed by atoms with Crippen LogP contribution < -0.4 is 10.9 Å². The van der Waals surface area contributed by atoms with Gasteiger partial charge < -0.3 is 5.32 Å². The Hall–Kier alpha value is -3.91. The second-order valence-electron chi connectivity index (χ2n) is 8.00. The Morgan fingerprint density at radius 1 is 1.00 bits per heavy atom. The third kappa shape index (κ3) is 4.08. The Bertz CT molecular complexity index is 1570. The molecule has 0 aliphatic rings. The summed E-state index contributed by atoms with van der Waals surface area (Å²) in [6.45, 7) is 4.08. The Balaban J connectivity index is 1.52. The average Bonchev–Trinajstić information content (AvgIpc) is 3.28. The summed E-state index contributed by atoms with van der Waals surface area (Å²) in [6, 6.07) is 22.9. The highest BCUT2D eigenvalue weighted by Crippen LogP contribution is 2.23. The predicted octanol–water partition coefficient (Wildman–Crippen LogP) is 4.64. The van der Waals surface area contributed by atoms with Crippen molar-refractivity contribution in [2.24, 2.45) is 0 Å². The molecule has 2 aromatic heterocycles. The van der Waals surface area contributed by atoms with E-state index in [9.17, 15) is 9.59 Å². The fourth-order valence-corrected chi connectivity index (χ4v) is 4.63. The van der Waals surface area contributed by atoms with E-state index in [0.29, 0.717) is 27.5 Å². The number of carbonyl (C=O) groups is 1. The number of hydrogen-bond acceptors (Lipinski definition) is 5. The van der Waals surface area contributed by atoms with Crippen molar-refractivity contribution in [1.29, 1.82) is 0 Å². The highest BCUT2D eigenvalue weighted by atomic mass is 32.2. The summed E-state index contributed by atoms with van der Waals surface area (Å²) in [6.07, 6.45) is 0.903. The summed E-state index contributed by atoms with van der Waals surface area (Å²) in [5.41, 5.74) is 4.29. The number of fused-ring (bicyclic) bond motifs is 3. The van der Waals surface area contributed by atoms with Crippen LogP contribution in [-0.2, 0) is 11.2 Å². The minimum atomic E-state index is -0.163. The summed E-state index contributed by atoms with van der Waals surface area (Å²) in [5, 5.41) is 12.7. The van der Waals surface area contributed by atoms with Crippen LogP contribution in [0.5, 0.6) is 0 Å². The quantitative estimate of drug-likeness (QED) is 0.367. The van der Waals surface area contributed by atoms with Crippen molar-refractivity contribution in [1.82, 2.24) is 19.2 Å². The number of nitrogens with one attached hydrogen (secondary N) is 1. The smallest absolute Gasteiger partial charge is 0.267 e. The fraction of sp³-hybridized carbons (Fsp3) is 0.154. The maximum atomic E-state index is 13.4. The largest absolute Gasteiger partial charge is 0.325 e. The van der Waals surface area contributed by atoms with Crippen LogP contribution in [0.3, 0.4) is 0 Å². The monoisotopic (exact) mass is 469 g/mol. The van der Waals surface area contributed by atoms with Gasteiger partial charge in [-0.15, -0.1) is 10.2 Å². The molecule has 170 valence electrons. The van der Waals surface area contributed by atoms with Gasteiger partial charge in [-0.3, -0.25) is 14.0 Å². The van der Waals surface area contributed by atoms with Gasteiger partial charge in [-0.1, -0.05) is 60.6 Å². The molecule has 0 unspecified atom stereocenters. The summed E-state index contributed by atoms with van der Waals surface area (Å²) < 4.78 is 3.40. The topological polar surface area (TPSA) is 81.3 Å². The molecule has 0 spiro atoms. The first-order valence-electron chi connectivity index (χ1n) is 11.0. The lowest BCUT2D eigenvalue weighted by Gasteiger charge is -2.11. The average molecular weight is 470 g/mol. The molecule has 0 radical (unpaired) electrons. The molecule has 0 aliphatic heterocycles. The summed E-state index contributed by atoms with van der Waals surface area (Å²) >= 11 is 1.28. The van der Waals surface area contributed by atoms with E-state index in [0.717, 1.165) is 23.2 Å². The van der Waals surface area contributed by atoms with E-state index in [1.807, 2.05) is 78.1 Å². The van der Waals surface area contributed by atoms with Crippen LogP contribution >= 0.6 is 11.8 Å². The molecule has 0 aliphatic carbocycles. The second kappa shape index (κ2) is 9.15. The van der Waals surface area contributed by atoms with Gasteiger partial charge in [0.05, 0.1) is 22.3 Å². The number of rotatable bonds is 6. The van der Waals surface area contributed by atoms with Crippen LogP contribution in [0.15, 0.2) is 82.7 Å². The summed E-state index contributed by atoms with van der Waals surface area (Å²) in [5.74, 6) is 0.437. The van der Waals surface area contributed by atoms with E-state index < -0.39 is 0 Å². The van der Waals surface area contributed by atoms with Gasteiger partial charge in [0.25, 0.3) is 5.56 Å². The minimum Gasteiger partial charge on any atom is -0.325 e. The molecule has 7 nitrogen and oxygen atoms in total. The maximum absolute atomic E-state index is 13.4. The number of carbonyl (C=O) groups excluding carboxylic acids is 1. The SMILES string of the molecule is CCc1cccc(NC(=O)CSc2nnc3n(-c4ccc(C)cc4)c(=O)c4ccccc4n23)c1. The van der Waals surface area contributed by atoms with Crippen LogP contribution in [0.1, 0.15) is 18.1 Å². The zero-order valence-electron chi connectivity index (χ0n) is 18.9. The fourth-order valence-electron chi connectivity index (χ4n) is 3.89. The van der Waals surface area contributed by atoms with Crippen molar-refractivity contribution < 1.29 is 4.79 Å². The molecule has 0 bridgehead atoms. The number of para-hydroxylation sites is 1. The van der Waals surface area contributed by atoms with Crippen molar-refractivity contribution in [2.45, 2.75) is 25.4 Å². The van der Waals surface area contributed by atoms with Gasteiger partial charge >= 0.3 is 0 Å². The lowest BCUT2D eigenvalue weighted by Crippen LogP contribution is -2.22. The van der Waals surface area contributed by atoms with Gasteiger partial charge in [0.2, 0.25) is 11.7 Å². The van der Waals surface area contributed by atoms with Crippen molar-refractivity contribution in [3.8, 4) is 5.69 Å². The van der Waals surface area contributed by atoms with E-state index in [1.54, 1.807) is 10.6 Å². The van der Waals surface area contributed by atoms with Gasteiger partial charge in [0, 0.05) is 5.69 Å². The molecule has 0 saturated carbocycles. The molecular weight excluding hydrogens is 446 g/mol. The van der Waals surface area contributed by atoms with E-state index in [4.69, 9.17) is 0 Å². The van der Waals surface area contributed by atoms with Gasteiger partial charge in [-0.05, 0) is 55.3 Å². The zero-order chi connectivity index (χ0) is 23.7. The molecular formula is C26H23N5O2S.